The molecule has 0 aromatic heterocycles. The van der Waals surface area contributed by atoms with Crippen molar-refractivity contribution < 1.29 is 23.9 Å². The molecule has 2 rings (SSSR count). The first kappa shape index (κ1) is 24.4. The van der Waals surface area contributed by atoms with E-state index in [0.717, 1.165) is 5.56 Å². The monoisotopic (exact) mass is 458 g/mol. The summed E-state index contributed by atoms with van der Waals surface area (Å²) in [4.78, 5) is 35.2. The maximum atomic E-state index is 12.2. The van der Waals surface area contributed by atoms with E-state index in [-0.39, 0.29) is 19.1 Å². The third kappa shape index (κ3) is 7.44. The van der Waals surface area contributed by atoms with Gasteiger partial charge in [0.2, 0.25) is 0 Å². The van der Waals surface area contributed by atoms with Crippen LogP contribution in [0.4, 0.5) is 5.69 Å². The first-order valence-corrected chi connectivity index (χ1v) is 9.80. The highest BCUT2D eigenvalue weighted by Crippen LogP contribution is 2.27. The van der Waals surface area contributed by atoms with Crippen LogP contribution in [0.25, 0.3) is 0 Å². The van der Waals surface area contributed by atoms with E-state index < -0.39 is 11.8 Å². The molecule has 0 atom stereocenters. The van der Waals surface area contributed by atoms with Crippen molar-refractivity contribution in [3.05, 3.63) is 65.2 Å². The minimum atomic E-state index is -0.907. The molecule has 0 aliphatic rings. The van der Waals surface area contributed by atoms with Crippen LogP contribution in [0.15, 0.2) is 54.2 Å². The number of aryl methyl sites for hydroxylation is 1. The van der Waals surface area contributed by atoms with Gasteiger partial charge >= 0.3 is 11.8 Å². The Hall–Kier alpha value is -3.85. The van der Waals surface area contributed by atoms with Crippen LogP contribution in [0, 0.1) is 6.92 Å². The smallest absolute Gasteiger partial charge is 0.329 e. The molecule has 3 N–H and O–H groups in total. The molecule has 0 saturated heterocycles. The summed E-state index contributed by atoms with van der Waals surface area (Å²) in [6, 6.07) is 10.0. The molecule has 0 aliphatic carbocycles. The third-order valence-corrected chi connectivity index (χ3v) is 4.25. The Labute approximate surface area is 190 Å². The zero-order chi connectivity index (χ0) is 23.5. The van der Waals surface area contributed by atoms with Gasteiger partial charge in [-0.1, -0.05) is 23.7 Å². The van der Waals surface area contributed by atoms with Crippen LogP contribution < -0.4 is 25.5 Å². The molecule has 0 bridgehead atoms. The van der Waals surface area contributed by atoms with Gasteiger partial charge in [-0.25, -0.2) is 5.43 Å². The van der Waals surface area contributed by atoms with Crippen molar-refractivity contribution in [1.29, 1.82) is 0 Å². The van der Waals surface area contributed by atoms with Gasteiger partial charge in [-0.3, -0.25) is 14.4 Å². The van der Waals surface area contributed by atoms with Crippen LogP contribution in [0.5, 0.6) is 11.5 Å². The summed E-state index contributed by atoms with van der Waals surface area (Å²) in [6.07, 6.45) is 2.78. The molecule has 0 heterocycles. The number of halogens is 1. The van der Waals surface area contributed by atoms with Gasteiger partial charge in [0.15, 0.2) is 18.1 Å². The summed E-state index contributed by atoms with van der Waals surface area (Å²) < 4.78 is 10.8. The lowest BCUT2D eigenvalue weighted by Gasteiger charge is -2.12. The van der Waals surface area contributed by atoms with Gasteiger partial charge in [-0.2, -0.15) is 5.10 Å². The van der Waals surface area contributed by atoms with Crippen LogP contribution in [0.1, 0.15) is 11.1 Å². The first-order chi connectivity index (χ1) is 15.3. The summed E-state index contributed by atoms with van der Waals surface area (Å²) in [5, 5.41) is 9.32. The Bertz CT molecular complexity index is 1040. The standard InChI is InChI=1S/C22H23ClN4O5/c1-4-9-24-21(29)22(30)27-25-12-15-6-8-18(19(10-15)31-3)32-13-20(28)26-17-11-16(23)7-5-14(17)2/h4-8,10-12H,1,9,13H2,2-3H3,(H,24,29)(H,26,28)(H,27,30)/b25-12-. The number of rotatable bonds is 9. The Morgan fingerprint density at radius 3 is 2.62 bits per heavy atom. The van der Waals surface area contributed by atoms with Crippen LogP contribution in [-0.2, 0) is 14.4 Å². The third-order valence-electron chi connectivity index (χ3n) is 4.01. The zero-order valence-corrected chi connectivity index (χ0v) is 18.4. The number of carbonyl (C=O) groups excluding carboxylic acids is 3. The molecule has 0 radical (unpaired) electrons. The van der Waals surface area contributed by atoms with Gasteiger partial charge in [0, 0.05) is 17.3 Å². The average molecular weight is 459 g/mol. The molecular formula is C22H23ClN4O5. The molecule has 0 saturated carbocycles. The van der Waals surface area contributed by atoms with E-state index in [2.05, 4.69) is 27.7 Å². The fourth-order valence-corrected chi connectivity index (χ4v) is 2.58. The van der Waals surface area contributed by atoms with Crippen LogP contribution in [0.3, 0.4) is 0 Å². The maximum absolute atomic E-state index is 12.2. The minimum absolute atomic E-state index is 0.172. The van der Waals surface area contributed by atoms with E-state index >= 15 is 0 Å². The summed E-state index contributed by atoms with van der Waals surface area (Å²) >= 11 is 5.96. The number of methoxy groups -OCH3 is 1. The normalized spacial score (nSPS) is 10.3. The van der Waals surface area contributed by atoms with Crippen molar-refractivity contribution in [3.63, 3.8) is 0 Å². The summed E-state index contributed by atoms with van der Waals surface area (Å²) in [5.41, 5.74) is 4.15. The maximum Gasteiger partial charge on any atom is 0.329 e. The molecule has 10 heteroatoms. The summed E-state index contributed by atoms with van der Waals surface area (Å²) in [7, 11) is 1.45. The Kier molecular flexibility index (Phi) is 9.24. The van der Waals surface area contributed by atoms with E-state index in [0.29, 0.717) is 27.8 Å². The predicted octanol–water partition coefficient (Wildman–Crippen LogP) is 2.43. The molecule has 0 unspecified atom stereocenters. The van der Waals surface area contributed by atoms with Gasteiger partial charge in [0.1, 0.15) is 0 Å². The number of hydrogen-bond donors (Lipinski definition) is 3. The topological polar surface area (TPSA) is 118 Å². The molecule has 0 spiro atoms. The molecular weight excluding hydrogens is 436 g/mol. The molecule has 168 valence electrons. The van der Waals surface area contributed by atoms with Crippen molar-refractivity contribution in [2.24, 2.45) is 5.10 Å². The van der Waals surface area contributed by atoms with Crippen LogP contribution in [0.2, 0.25) is 5.02 Å². The zero-order valence-electron chi connectivity index (χ0n) is 17.6. The Balaban J connectivity index is 1.94. The molecule has 3 amide bonds. The van der Waals surface area contributed by atoms with Crippen molar-refractivity contribution in [3.8, 4) is 11.5 Å². The lowest BCUT2D eigenvalue weighted by atomic mass is 10.2. The summed E-state index contributed by atoms with van der Waals surface area (Å²) in [6.45, 7) is 5.22. The van der Waals surface area contributed by atoms with Crippen molar-refractivity contribution in [2.75, 3.05) is 25.6 Å². The lowest BCUT2D eigenvalue weighted by molar-refractivity contribution is -0.139. The number of benzene rings is 2. The van der Waals surface area contributed by atoms with Gasteiger partial charge in [0.05, 0.1) is 13.3 Å². The second-order valence-corrected chi connectivity index (χ2v) is 6.84. The second kappa shape index (κ2) is 12.1. The van der Waals surface area contributed by atoms with Crippen molar-refractivity contribution in [1.82, 2.24) is 10.7 Å². The number of amides is 3. The van der Waals surface area contributed by atoms with E-state index in [9.17, 15) is 14.4 Å². The Morgan fingerprint density at radius 2 is 1.91 bits per heavy atom. The lowest BCUT2D eigenvalue weighted by Crippen LogP contribution is -2.37. The molecule has 0 fully saturated rings. The number of nitrogens with zero attached hydrogens (tertiary/aromatic N) is 1. The number of anilines is 1. The quantitative estimate of drug-likeness (QED) is 0.231. The highest BCUT2D eigenvalue weighted by Gasteiger charge is 2.12. The highest BCUT2D eigenvalue weighted by molar-refractivity contribution is 6.35. The van der Waals surface area contributed by atoms with Crippen molar-refractivity contribution >= 4 is 41.2 Å². The van der Waals surface area contributed by atoms with Gasteiger partial charge in [-0.15, -0.1) is 6.58 Å². The van der Waals surface area contributed by atoms with E-state index in [1.54, 1.807) is 36.4 Å². The molecule has 2 aromatic rings. The summed E-state index contributed by atoms with van der Waals surface area (Å²) in [5.74, 6) is -1.39. The van der Waals surface area contributed by atoms with Gasteiger partial charge < -0.3 is 20.1 Å². The number of hydrazone groups is 1. The van der Waals surface area contributed by atoms with E-state index in [4.69, 9.17) is 21.1 Å². The first-order valence-electron chi connectivity index (χ1n) is 9.43. The SMILES string of the molecule is C=CCNC(=O)C(=O)N/N=C\c1ccc(OCC(=O)Nc2cc(Cl)ccc2C)c(OC)c1. The fourth-order valence-electron chi connectivity index (χ4n) is 2.40. The molecule has 2 aromatic carbocycles. The molecule has 0 aliphatic heterocycles. The van der Waals surface area contributed by atoms with Gasteiger partial charge in [-0.05, 0) is 48.4 Å². The molecule has 32 heavy (non-hydrogen) atoms. The van der Waals surface area contributed by atoms with E-state index in [1.165, 1.54) is 19.4 Å². The van der Waals surface area contributed by atoms with E-state index in [1.807, 2.05) is 6.92 Å². The predicted molar refractivity (Wildman–Crippen MR) is 122 cm³/mol. The van der Waals surface area contributed by atoms with Crippen LogP contribution >= 0.6 is 11.6 Å². The van der Waals surface area contributed by atoms with Crippen LogP contribution in [-0.4, -0.2) is 44.2 Å². The number of hydrogen-bond acceptors (Lipinski definition) is 6. The largest absolute Gasteiger partial charge is 0.493 e. The minimum Gasteiger partial charge on any atom is -0.493 e. The molecule has 9 nitrogen and oxygen atoms in total. The number of carbonyl (C=O) groups is 3. The Morgan fingerprint density at radius 1 is 1.12 bits per heavy atom. The second-order valence-electron chi connectivity index (χ2n) is 6.40. The number of ether oxygens (including phenoxy) is 2. The fraction of sp³-hybridized carbons (Fsp3) is 0.182. The average Bonchev–Trinajstić information content (AvgIpc) is 2.78. The van der Waals surface area contributed by atoms with Crippen molar-refractivity contribution in [2.45, 2.75) is 6.92 Å². The number of nitrogens with one attached hydrogen (secondary N) is 3. The highest BCUT2D eigenvalue weighted by atomic mass is 35.5. The van der Waals surface area contributed by atoms with Gasteiger partial charge in [0.25, 0.3) is 5.91 Å².